The van der Waals surface area contributed by atoms with Gasteiger partial charge in [-0.05, 0) is 31.5 Å². The van der Waals surface area contributed by atoms with Crippen LogP contribution in [0.4, 0.5) is 0 Å². The Hall–Kier alpha value is -1.73. The molecule has 1 aromatic rings. The van der Waals surface area contributed by atoms with Crippen molar-refractivity contribution in [1.82, 2.24) is 0 Å². The molecule has 0 amide bonds. The third-order valence-electron chi connectivity index (χ3n) is 2.20. The summed E-state index contributed by atoms with van der Waals surface area (Å²) in [6.07, 6.45) is -0.505. The predicted octanol–water partition coefficient (Wildman–Crippen LogP) is 2.01. The fraction of sp³-hybridized carbons (Fsp3) is 0.417. The maximum atomic E-state index is 8.67. The minimum absolute atomic E-state index is 0.0589. The fourth-order valence-electron chi connectivity index (χ4n) is 1.28. The van der Waals surface area contributed by atoms with Gasteiger partial charge in [0, 0.05) is 6.04 Å². The van der Waals surface area contributed by atoms with E-state index in [1.165, 1.54) is 0 Å². The Labute approximate surface area is 95.6 Å². The molecule has 0 bridgehead atoms. The lowest BCUT2D eigenvalue weighted by Crippen LogP contribution is -2.10. The van der Waals surface area contributed by atoms with Crippen molar-refractivity contribution in [1.29, 1.82) is 5.26 Å². The lowest BCUT2D eigenvalue weighted by atomic mass is 10.1. The third kappa shape index (κ3) is 2.88. The van der Waals surface area contributed by atoms with Crippen LogP contribution < -0.4 is 15.2 Å². The van der Waals surface area contributed by atoms with Crippen LogP contribution in [-0.4, -0.2) is 13.2 Å². The highest BCUT2D eigenvalue weighted by atomic mass is 16.5. The van der Waals surface area contributed by atoms with Crippen LogP contribution in [0.1, 0.15) is 25.5 Å². The van der Waals surface area contributed by atoms with Crippen LogP contribution in [0.15, 0.2) is 18.2 Å². The molecular weight excluding hydrogens is 204 g/mol. The van der Waals surface area contributed by atoms with Crippen LogP contribution in [0.2, 0.25) is 0 Å². The van der Waals surface area contributed by atoms with Crippen LogP contribution >= 0.6 is 0 Å². The molecule has 0 saturated heterocycles. The normalized spacial score (nSPS) is 13.7. The number of nitrogens with zero attached hydrogens (tertiary/aromatic N) is 1. The highest BCUT2D eigenvalue weighted by Crippen LogP contribution is 2.30. The molecule has 0 aliphatic heterocycles. The van der Waals surface area contributed by atoms with Gasteiger partial charge in [0.1, 0.15) is 6.07 Å². The van der Waals surface area contributed by atoms with Crippen LogP contribution in [0.5, 0.6) is 11.5 Å². The zero-order chi connectivity index (χ0) is 12.1. The van der Waals surface area contributed by atoms with Crippen LogP contribution in [0.25, 0.3) is 0 Å². The fourth-order valence-corrected chi connectivity index (χ4v) is 1.28. The lowest BCUT2D eigenvalue weighted by Gasteiger charge is -2.14. The van der Waals surface area contributed by atoms with E-state index in [1.54, 1.807) is 20.1 Å². The van der Waals surface area contributed by atoms with Crippen molar-refractivity contribution in [3.05, 3.63) is 23.8 Å². The number of hydrogen-bond donors (Lipinski definition) is 1. The number of methoxy groups -OCH3 is 1. The first-order valence-electron chi connectivity index (χ1n) is 5.08. The quantitative estimate of drug-likeness (QED) is 0.842. The first-order chi connectivity index (χ1) is 7.58. The SMILES string of the molecule is COc1cc(C(C)N)ccc1OC(C)C#N. The summed E-state index contributed by atoms with van der Waals surface area (Å²) in [4.78, 5) is 0. The Morgan fingerprint density at radius 1 is 1.31 bits per heavy atom. The minimum atomic E-state index is -0.505. The number of ether oxygens (including phenoxy) is 2. The molecule has 0 radical (unpaired) electrons. The average Bonchev–Trinajstić information content (AvgIpc) is 2.29. The predicted molar refractivity (Wildman–Crippen MR) is 61.3 cm³/mol. The van der Waals surface area contributed by atoms with Gasteiger partial charge < -0.3 is 15.2 Å². The van der Waals surface area contributed by atoms with Crippen molar-refractivity contribution in [2.45, 2.75) is 26.0 Å². The molecule has 4 heteroatoms. The maximum absolute atomic E-state index is 8.67. The summed E-state index contributed by atoms with van der Waals surface area (Å²) < 4.78 is 10.6. The zero-order valence-corrected chi connectivity index (χ0v) is 9.73. The number of nitrogens with two attached hydrogens (primary N) is 1. The highest BCUT2D eigenvalue weighted by Gasteiger charge is 2.10. The second kappa shape index (κ2) is 5.38. The molecule has 1 aromatic carbocycles. The van der Waals surface area contributed by atoms with E-state index in [9.17, 15) is 0 Å². The Morgan fingerprint density at radius 2 is 2.00 bits per heavy atom. The summed E-state index contributed by atoms with van der Waals surface area (Å²) in [6.45, 7) is 3.58. The molecule has 2 N–H and O–H groups in total. The first kappa shape index (κ1) is 12.3. The van der Waals surface area contributed by atoms with Gasteiger partial charge in [-0.25, -0.2) is 0 Å². The van der Waals surface area contributed by atoms with Crippen molar-refractivity contribution in [3.63, 3.8) is 0 Å². The summed E-state index contributed by atoms with van der Waals surface area (Å²) >= 11 is 0. The maximum Gasteiger partial charge on any atom is 0.181 e. The van der Waals surface area contributed by atoms with Crippen molar-refractivity contribution in [2.24, 2.45) is 5.73 Å². The second-order valence-electron chi connectivity index (χ2n) is 3.59. The van der Waals surface area contributed by atoms with E-state index in [0.29, 0.717) is 11.5 Å². The van der Waals surface area contributed by atoms with E-state index < -0.39 is 6.10 Å². The van der Waals surface area contributed by atoms with E-state index in [1.807, 2.05) is 25.1 Å². The average molecular weight is 220 g/mol. The van der Waals surface area contributed by atoms with E-state index in [4.69, 9.17) is 20.5 Å². The van der Waals surface area contributed by atoms with E-state index >= 15 is 0 Å². The van der Waals surface area contributed by atoms with Crippen LogP contribution in [0.3, 0.4) is 0 Å². The van der Waals surface area contributed by atoms with Crippen molar-refractivity contribution < 1.29 is 9.47 Å². The third-order valence-corrected chi connectivity index (χ3v) is 2.20. The standard InChI is InChI=1S/C12H16N2O2/c1-8(7-13)16-11-5-4-10(9(2)14)6-12(11)15-3/h4-6,8-9H,14H2,1-3H3. The molecule has 2 unspecified atom stereocenters. The van der Waals surface area contributed by atoms with Gasteiger partial charge in [0.05, 0.1) is 7.11 Å². The van der Waals surface area contributed by atoms with Crippen molar-refractivity contribution in [2.75, 3.05) is 7.11 Å². The first-order valence-corrected chi connectivity index (χ1v) is 5.08. The molecule has 2 atom stereocenters. The van der Waals surface area contributed by atoms with E-state index in [0.717, 1.165) is 5.56 Å². The van der Waals surface area contributed by atoms with Crippen molar-refractivity contribution in [3.8, 4) is 17.6 Å². The summed E-state index contributed by atoms with van der Waals surface area (Å²) in [5, 5.41) is 8.67. The molecule has 0 heterocycles. The Kier molecular flexibility index (Phi) is 4.15. The van der Waals surface area contributed by atoms with Gasteiger partial charge in [0.25, 0.3) is 0 Å². The monoisotopic (exact) mass is 220 g/mol. The highest BCUT2D eigenvalue weighted by molar-refractivity contribution is 5.44. The van der Waals surface area contributed by atoms with Gasteiger partial charge in [-0.15, -0.1) is 0 Å². The lowest BCUT2D eigenvalue weighted by molar-refractivity contribution is 0.260. The molecule has 16 heavy (non-hydrogen) atoms. The van der Waals surface area contributed by atoms with Gasteiger partial charge in [0.15, 0.2) is 17.6 Å². The molecule has 86 valence electrons. The molecule has 0 aliphatic carbocycles. The van der Waals surface area contributed by atoms with Gasteiger partial charge in [0.2, 0.25) is 0 Å². The molecular formula is C12H16N2O2. The Balaban J connectivity index is 2.98. The molecule has 0 aliphatic rings. The number of rotatable bonds is 4. The molecule has 0 aromatic heterocycles. The van der Waals surface area contributed by atoms with Gasteiger partial charge in [-0.3, -0.25) is 0 Å². The smallest absolute Gasteiger partial charge is 0.181 e. The Bertz CT molecular complexity index is 396. The summed E-state index contributed by atoms with van der Waals surface area (Å²) in [6, 6.07) is 7.40. The molecule has 0 fully saturated rings. The second-order valence-corrected chi connectivity index (χ2v) is 3.59. The number of nitriles is 1. The van der Waals surface area contributed by atoms with E-state index in [-0.39, 0.29) is 6.04 Å². The minimum Gasteiger partial charge on any atom is -0.493 e. The largest absolute Gasteiger partial charge is 0.493 e. The van der Waals surface area contributed by atoms with Gasteiger partial charge in [-0.2, -0.15) is 5.26 Å². The van der Waals surface area contributed by atoms with Crippen molar-refractivity contribution >= 4 is 0 Å². The number of benzene rings is 1. The van der Waals surface area contributed by atoms with Gasteiger partial charge in [-0.1, -0.05) is 6.07 Å². The molecule has 0 spiro atoms. The van der Waals surface area contributed by atoms with Crippen LogP contribution in [-0.2, 0) is 0 Å². The summed E-state index contributed by atoms with van der Waals surface area (Å²) in [7, 11) is 1.56. The summed E-state index contributed by atoms with van der Waals surface area (Å²) in [5.41, 5.74) is 6.73. The zero-order valence-electron chi connectivity index (χ0n) is 9.73. The van der Waals surface area contributed by atoms with Crippen LogP contribution in [0, 0.1) is 11.3 Å². The topological polar surface area (TPSA) is 68.3 Å². The summed E-state index contributed by atoms with van der Waals surface area (Å²) in [5.74, 6) is 1.15. The number of hydrogen-bond acceptors (Lipinski definition) is 4. The van der Waals surface area contributed by atoms with E-state index in [2.05, 4.69) is 0 Å². The van der Waals surface area contributed by atoms with Gasteiger partial charge >= 0.3 is 0 Å². The molecule has 4 nitrogen and oxygen atoms in total. The Morgan fingerprint density at radius 3 is 2.50 bits per heavy atom. The molecule has 1 rings (SSSR count). The molecule has 0 saturated carbocycles.